The van der Waals surface area contributed by atoms with Crippen molar-refractivity contribution in [3.8, 4) is 5.75 Å². The highest BCUT2D eigenvalue weighted by atomic mass is 35.5. The number of halogens is 4. The molecule has 1 heterocycles. The molecule has 0 aliphatic rings. The molecule has 2 rings (SSSR count). The molecule has 1 aromatic carbocycles. The Labute approximate surface area is 123 Å². The fourth-order valence-electron chi connectivity index (χ4n) is 1.61. The van der Waals surface area contributed by atoms with Crippen LogP contribution in [-0.2, 0) is 12.7 Å². The molecule has 0 radical (unpaired) electrons. The predicted molar refractivity (Wildman–Crippen MR) is 72.4 cm³/mol. The second-order valence-electron chi connectivity index (χ2n) is 4.10. The van der Waals surface area contributed by atoms with Crippen molar-refractivity contribution in [2.45, 2.75) is 12.7 Å². The molecule has 21 heavy (non-hydrogen) atoms. The summed E-state index contributed by atoms with van der Waals surface area (Å²) in [5.41, 5.74) is 0.831. The van der Waals surface area contributed by atoms with E-state index in [1.807, 2.05) is 6.07 Å². The minimum absolute atomic E-state index is 0.00476. The van der Waals surface area contributed by atoms with Gasteiger partial charge >= 0.3 is 6.18 Å². The van der Waals surface area contributed by atoms with Crippen LogP contribution in [0.1, 0.15) is 11.4 Å². The summed E-state index contributed by atoms with van der Waals surface area (Å²) in [5, 5.41) is 2.50. The number of aromatic nitrogens is 2. The van der Waals surface area contributed by atoms with Gasteiger partial charge in [0.05, 0.1) is 7.11 Å². The van der Waals surface area contributed by atoms with Gasteiger partial charge in [-0.3, -0.25) is 0 Å². The largest absolute Gasteiger partial charge is 0.497 e. The van der Waals surface area contributed by atoms with Gasteiger partial charge in [-0.05, 0) is 17.7 Å². The Kier molecular flexibility index (Phi) is 4.52. The summed E-state index contributed by atoms with van der Waals surface area (Å²) in [4.78, 5) is 6.56. The Bertz CT molecular complexity index is 634. The van der Waals surface area contributed by atoms with Crippen LogP contribution in [0.5, 0.6) is 5.75 Å². The van der Waals surface area contributed by atoms with Crippen LogP contribution in [0.15, 0.2) is 30.3 Å². The van der Waals surface area contributed by atoms with E-state index in [2.05, 4.69) is 15.3 Å². The van der Waals surface area contributed by atoms with Gasteiger partial charge in [0.2, 0.25) is 5.82 Å². The molecular formula is C13H11ClF3N3O. The molecule has 0 amide bonds. The molecule has 0 aliphatic carbocycles. The van der Waals surface area contributed by atoms with Crippen LogP contribution in [0.2, 0.25) is 5.15 Å². The van der Waals surface area contributed by atoms with Crippen LogP contribution in [0.4, 0.5) is 19.0 Å². The van der Waals surface area contributed by atoms with Crippen LogP contribution in [0.3, 0.4) is 0 Å². The lowest BCUT2D eigenvalue weighted by atomic mass is 10.2. The lowest BCUT2D eigenvalue weighted by molar-refractivity contribution is -0.144. The first kappa shape index (κ1) is 15.4. The molecule has 1 aromatic heterocycles. The highest BCUT2D eigenvalue weighted by molar-refractivity contribution is 6.29. The summed E-state index contributed by atoms with van der Waals surface area (Å²) in [6.45, 7) is 0.280. The van der Waals surface area contributed by atoms with Crippen LogP contribution < -0.4 is 10.1 Å². The highest BCUT2D eigenvalue weighted by Crippen LogP contribution is 2.28. The number of hydrogen-bond donors (Lipinski definition) is 1. The Balaban J connectivity index is 2.14. The maximum absolute atomic E-state index is 12.6. The minimum Gasteiger partial charge on any atom is -0.497 e. The van der Waals surface area contributed by atoms with Gasteiger partial charge in [-0.1, -0.05) is 23.7 Å². The zero-order valence-electron chi connectivity index (χ0n) is 10.9. The lowest BCUT2D eigenvalue weighted by Crippen LogP contribution is -2.13. The third-order valence-corrected chi connectivity index (χ3v) is 2.75. The van der Waals surface area contributed by atoms with Gasteiger partial charge in [0.25, 0.3) is 0 Å². The SMILES string of the molecule is COc1cccc(CNc2cc(Cl)nc(C(F)(F)F)n2)c1. The van der Waals surface area contributed by atoms with Gasteiger partial charge in [0, 0.05) is 12.6 Å². The fourth-order valence-corrected chi connectivity index (χ4v) is 1.79. The molecule has 0 spiro atoms. The molecule has 8 heteroatoms. The van der Waals surface area contributed by atoms with Gasteiger partial charge in [0.15, 0.2) is 0 Å². The van der Waals surface area contributed by atoms with Crippen molar-refractivity contribution >= 4 is 17.4 Å². The van der Waals surface area contributed by atoms with Crippen molar-refractivity contribution in [1.82, 2.24) is 9.97 Å². The van der Waals surface area contributed by atoms with Crippen molar-refractivity contribution in [3.63, 3.8) is 0 Å². The summed E-state index contributed by atoms with van der Waals surface area (Å²) < 4.78 is 42.8. The topological polar surface area (TPSA) is 47.0 Å². The summed E-state index contributed by atoms with van der Waals surface area (Å²) in [6, 6.07) is 8.36. The fraction of sp³-hybridized carbons (Fsp3) is 0.231. The normalized spacial score (nSPS) is 11.3. The molecule has 0 aliphatic heterocycles. The maximum atomic E-state index is 12.6. The first-order chi connectivity index (χ1) is 9.88. The number of nitrogens with one attached hydrogen (secondary N) is 1. The number of methoxy groups -OCH3 is 1. The van der Waals surface area contributed by atoms with Crippen LogP contribution in [-0.4, -0.2) is 17.1 Å². The van der Waals surface area contributed by atoms with E-state index in [-0.39, 0.29) is 17.5 Å². The number of rotatable bonds is 4. The lowest BCUT2D eigenvalue weighted by Gasteiger charge is -2.10. The number of anilines is 1. The Morgan fingerprint density at radius 1 is 1.24 bits per heavy atom. The van der Waals surface area contributed by atoms with E-state index in [0.717, 1.165) is 5.56 Å². The summed E-state index contributed by atoms with van der Waals surface area (Å²) in [7, 11) is 1.53. The molecular weight excluding hydrogens is 307 g/mol. The first-order valence-electron chi connectivity index (χ1n) is 5.87. The zero-order valence-corrected chi connectivity index (χ0v) is 11.7. The Morgan fingerprint density at radius 2 is 2.00 bits per heavy atom. The number of ether oxygens (including phenoxy) is 1. The van der Waals surface area contributed by atoms with Crippen molar-refractivity contribution in [3.05, 3.63) is 46.9 Å². The third kappa shape index (κ3) is 4.22. The second-order valence-corrected chi connectivity index (χ2v) is 4.49. The highest BCUT2D eigenvalue weighted by Gasteiger charge is 2.35. The van der Waals surface area contributed by atoms with Gasteiger partial charge in [0.1, 0.15) is 16.7 Å². The second kappa shape index (κ2) is 6.17. The molecule has 0 fully saturated rings. The average Bonchev–Trinajstić information content (AvgIpc) is 2.44. The van der Waals surface area contributed by atoms with Gasteiger partial charge < -0.3 is 10.1 Å². The third-order valence-electron chi connectivity index (χ3n) is 2.56. The smallest absolute Gasteiger partial charge is 0.451 e. The van der Waals surface area contributed by atoms with E-state index >= 15 is 0 Å². The molecule has 0 saturated heterocycles. The van der Waals surface area contributed by atoms with E-state index in [4.69, 9.17) is 16.3 Å². The Hall–Kier alpha value is -2.02. The zero-order chi connectivity index (χ0) is 15.5. The molecule has 0 unspecified atom stereocenters. The van der Waals surface area contributed by atoms with E-state index < -0.39 is 12.0 Å². The van der Waals surface area contributed by atoms with Gasteiger partial charge in [-0.15, -0.1) is 0 Å². The number of alkyl halides is 3. The maximum Gasteiger partial charge on any atom is 0.451 e. The molecule has 0 bridgehead atoms. The van der Waals surface area contributed by atoms with E-state index in [1.54, 1.807) is 18.2 Å². The quantitative estimate of drug-likeness (QED) is 0.872. The van der Waals surface area contributed by atoms with E-state index in [0.29, 0.717) is 5.75 Å². The minimum atomic E-state index is -4.64. The monoisotopic (exact) mass is 317 g/mol. The molecule has 1 N–H and O–H groups in total. The molecule has 2 aromatic rings. The van der Waals surface area contributed by atoms with Crippen LogP contribution in [0.25, 0.3) is 0 Å². The summed E-state index contributed by atoms with van der Waals surface area (Å²) >= 11 is 5.57. The first-order valence-corrected chi connectivity index (χ1v) is 6.25. The van der Waals surface area contributed by atoms with Crippen molar-refractivity contribution in [1.29, 1.82) is 0 Å². The molecule has 0 atom stereocenters. The van der Waals surface area contributed by atoms with Gasteiger partial charge in [-0.25, -0.2) is 9.97 Å². The van der Waals surface area contributed by atoms with E-state index in [1.165, 1.54) is 13.2 Å². The number of benzene rings is 1. The summed E-state index contributed by atoms with van der Waals surface area (Å²) in [5.74, 6) is -0.612. The van der Waals surface area contributed by atoms with E-state index in [9.17, 15) is 13.2 Å². The summed E-state index contributed by atoms with van der Waals surface area (Å²) in [6.07, 6.45) is -4.64. The molecule has 4 nitrogen and oxygen atoms in total. The molecule has 112 valence electrons. The van der Waals surface area contributed by atoms with Crippen LogP contribution >= 0.6 is 11.6 Å². The van der Waals surface area contributed by atoms with Crippen molar-refractivity contribution in [2.24, 2.45) is 0 Å². The Morgan fingerprint density at radius 3 is 2.67 bits per heavy atom. The average molecular weight is 318 g/mol. The van der Waals surface area contributed by atoms with Gasteiger partial charge in [-0.2, -0.15) is 13.2 Å². The number of nitrogens with zero attached hydrogens (tertiary/aromatic N) is 2. The van der Waals surface area contributed by atoms with Crippen LogP contribution in [0, 0.1) is 0 Å². The number of hydrogen-bond acceptors (Lipinski definition) is 4. The predicted octanol–water partition coefficient (Wildman–Crippen LogP) is 3.77. The van der Waals surface area contributed by atoms with Crippen molar-refractivity contribution < 1.29 is 17.9 Å². The van der Waals surface area contributed by atoms with Crippen molar-refractivity contribution in [2.75, 3.05) is 12.4 Å². The molecule has 0 saturated carbocycles. The standard InChI is InChI=1S/C13H11ClF3N3O/c1-21-9-4-2-3-8(5-9)7-18-11-6-10(14)19-12(20-11)13(15,16)17/h2-6H,7H2,1H3,(H,18,19,20).